The van der Waals surface area contributed by atoms with E-state index in [1.807, 2.05) is 0 Å². The molecule has 1 nitrogen and oxygen atoms in total. The second kappa shape index (κ2) is 4.75. The highest BCUT2D eigenvalue weighted by molar-refractivity contribution is 6.17. The molecule has 1 rings (SSSR count). The van der Waals surface area contributed by atoms with Crippen LogP contribution in [0.5, 0.6) is 0 Å². The van der Waals surface area contributed by atoms with Crippen LogP contribution in [0.25, 0.3) is 0 Å². The molecule has 0 bridgehead atoms. The van der Waals surface area contributed by atoms with Gasteiger partial charge in [0.1, 0.15) is 0 Å². The number of alkyl halides is 1. The van der Waals surface area contributed by atoms with Gasteiger partial charge in [-0.05, 0) is 19.4 Å². The molecule has 10 heavy (non-hydrogen) atoms. The first-order chi connectivity index (χ1) is 4.93. The van der Waals surface area contributed by atoms with E-state index in [1.165, 1.54) is 13.0 Å². The minimum absolute atomic E-state index is 0.792. The summed E-state index contributed by atoms with van der Waals surface area (Å²) >= 11 is 5.58. The first-order valence-corrected chi connectivity index (χ1v) is 4.40. The highest BCUT2D eigenvalue weighted by Gasteiger charge is 2.03. The number of hydrogen-bond acceptors (Lipinski definition) is 1. The van der Waals surface area contributed by atoms with E-state index in [1.54, 1.807) is 0 Å². The third-order valence-electron chi connectivity index (χ3n) is 1.75. The molecule has 0 aromatic heterocycles. The van der Waals surface area contributed by atoms with Crippen molar-refractivity contribution in [3.8, 4) is 0 Å². The molecule has 1 aliphatic heterocycles. The Kier molecular flexibility index (Phi) is 3.84. The molecule has 0 spiro atoms. The van der Waals surface area contributed by atoms with Crippen molar-refractivity contribution in [1.29, 1.82) is 0 Å². The third kappa shape index (κ3) is 2.72. The monoisotopic (exact) mass is 159 g/mol. The molecule has 0 fully saturated rings. The molecular formula is C8H14ClN. The zero-order valence-corrected chi connectivity index (χ0v) is 6.98. The highest BCUT2D eigenvalue weighted by Crippen LogP contribution is 2.01. The molecule has 0 amide bonds. The molecule has 0 unspecified atom stereocenters. The normalized spacial score (nSPS) is 19.7. The number of hydrogen-bond donors (Lipinski definition) is 0. The summed E-state index contributed by atoms with van der Waals surface area (Å²) in [6, 6.07) is 0. The van der Waals surface area contributed by atoms with Crippen LogP contribution in [0.3, 0.4) is 0 Å². The van der Waals surface area contributed by atoms with Crippen LogP contribution >= 0.6 is 11.6 Å². The standard InChI is InChI=1S/C8H14ClN/c9-5-4-8-10-6-2-1-3-7-10/h1-2H,3-8H2. The van der Waals surface area contributed by atoms with Crippen LogP contribution in [0.1, 0.15) is 12.8 Å². The van der Waals surface area contributed by atoms with Gasteiger partial charge in [0.25, 0.3) is 0 Å². The van der Waals surface area contributed by atoms with E-state index in [4.69, 9.17) is 11.6 Å². The van der Waals surface area contributed by atoms with Crippen molar-refractivity contribution in [3.63, 3.8) is 0 Å². The molecular weight excluding hydrogens is 146 g/mol. The summed E-state index contributed by atoms with van der Waals surface area (Å²) in [4.78, 5) is 2.43. The zero-order valence-electron chi connectivity index (χ0n) is 6.22. The van der Waals surface area contributed by atoms with E-state index in [0.717, 1.165) is 25.4 Å². The fourth-order valence-corrected chi connectivity index (χ4v) is 1.30. The van der Waals surface area contributed by atoms with Crippen molar-refractivity contribution in [2.24, 2.45) is 0 Å². The van der Waals surface area contributed by atoms with Gasteiger partial charge in [-0.2, -0.15) is 0 Å². The predicted octanol–water partition coefficient (Wildman–Crippen LogP) is 1.88. The van der Waals surface area contributed by atoms with Gasteiger partial charge in [-0.1, -0.05) is 12.2 Å². The van der Waals surface area contributed by atoms with Crippen molar-refractivity contribution < 1.29 is 0 Å². The summed E-state index contributed by atoms with van der Waals surface area (Å²) in [6.45, 7) is 3.50. The molecule has 1 heterocycles. The van der Waals surface area contributed by atoms with Crippen molar-refractivity contribution in [1.82, 2.24) is 4.90 Å². The molecule has 0 saturated carbocycles. The summed E-state index contributed by atoms with van der Waals surface area (Å²) in [5, 5.41) is 0. The first-order valence-electron chi connectivity index (χ1n) is 3.87. The average Bonchev–Trinajstić information content (AvgIpc) is 2.03. The Hall–Kier alpha value is -0.0100. The molecule has 0 aromatic rings. The number of halogens is 1. The van der Waals surface area contributed by atoms with Crippen molar-refractivity contribution in [3.05, 3.63) is 12.2 Å². The molecule has 0 radical (unpaired) electrons. The van der Waals surface area contributed by atoms with Crippen LogP contribution < -0.4 is 0 Å². The van der Waals surface area contributed by atoms with Gasteiger partial charge >= 0.3 is 0 Å². The van der Waals surface area contributed by atoms with Gasteiger partial charge in [0, 0.05) is 19.0 Å². The fraction of sp³-hybridized carbons (Fsp3) is 0.750. The first kappa shape index (κ1) is 8.09. The summed E-state index contributed by atoms with van der Waals surface area (Å²) < 4.78 is 0. The Morgan fingerprint density at radius 3 is 2.90 bits per heavy atom. The van der Waals surface area contributed by atoms with Gasteiger partial charge in [0.2, 0.25) is 0 Å². The van der Waals surface area contributed by atoms with Gasteiger partial charge in [0.15, 0.2) is 0 Å². The topological polar surface area (TPSA) is 3.24 Å². The van der Waals surface area contributed by atoms with Crippen LogP contribution in [0.2, 0.25) is 0 Å². The summed E-state index contributed by atoms with van der Waals surface area (Å²) in [7, 11) is 0. The number of nitrogens with zero attached hydrogens (tertiary/aromatic N) is 1. The Balaban J connectivity index is 2.10. The predicted molar refractivity (Wildman–Crippen MR) is 45.5 cm³/mol. The molecule has 58 valence electrons. The van der Waals surface area contributed by atoms with E-state index < -0.39 is 0 Å². The van der Waals surface area contributed by atoms with Gasteiger partial charge in [-0.15, -0.1) is 11.6 Å². The van der Waals surface area contributed by atoms with Crippen LogP contribution in [0, 0.1) is 0 Å². The Morgan fingerprint density at radius 1 is 1.40 bits per heavy atom. The number of rotatable bonds is 3. The molecule has 0 aliphatic carbocycles. The van der Waals surface area contributed by atoms with Crippen LogP contribution in [-0.2, 0) is 0 Å². The maximum absolute atomic E-state index is 5.58. The van der Waals surface area contributed by atoms with Crippen molar-refractivity contribution in [2.45, 2.75) is 12.8 Å². The largest absolute Gasteiger partial charge is 0.299 e. The Labute approximate surface area is 67.7 Å². The summed E-state index contributed by atoms with van der Waals surface area (Å²) in [6.07, 6.45) is 6.81. The lowest BCUT2D eigenvalue weighted by molar-refractivity contribution is 0.300. The SMILES string of the molecule is ClCCCN1CC=CCC1. The average molecular weight is 160 g/mol. The summed E-state index contributed by atoms with van der Waals surface area (Å²) in [5.74, 6) is 0.792. The van der Waals surface area contributed by atoms with Gasteiger partial charge in [-0.25, -0.2) is 0 Å². The Bertz CT molecular complexity index is 112. The van der Waals surface area contributed by atoms with E-state index in [9.17, 15) is 0 Å². The minimum Gasteiger partial charge on any atom is -0.299 e. The van der Waals surface area contributed by atoms with Crippen LogP contribution in [-0.4, -0.2) is 30.4 Å². The lowest BCUT2D eigenvalue weighted by atomic mass is 10.2. The lowest BCUT2D eigenvalue weighted by Gasteiger charge is -2.21. The second-order valence-electron chi connectivity index (χ2n) is 2.60. The highest BCUT2D eigenvalue weighted by atomic mass is 35.5. The van der Waals surface area contributed by atoms with Crippen molar-refractivity contribution >= 4 is 11.6 Å². The van der Waals surface area contributed by atoms with Crippen LogP contribution in [0.15, 0.2) is 12.2 Å². The molecule has 0 N–H and O–H groups in total. The van der Waals surface area contributed by atoms with E-state index in [2.05, 4.69) is 17.1 Å². The molecule has 0 aromatic carbocycles. The zero-order chi connectivity index (χ0) is 7.23. The third-order valence-corrected chi connectivity index (χ3v) is 2.02. The molecule has 0 saturated heterocycles. The minimum atomic E-state index is 0.792. The quantitative estimate of drug-likeness (QED) is 0.449. The molecule has 0 atom stereocenters. The maximum Gasteiger partial charge on any atom is 0.0235 e. The van der Waals surface area contributed by atoms with Crippen molar-refractivity contribution in [2.75, 3.05) is 25.5 Å². The second-order valence-corrected chi connectivity index (χ2v) is 2.98. The van der Waals surface area contributed by atoms with Gasteiger partial charge in [0.05, 0.1) is 0 Å². The lowest BCUT2D eigenvalue weighted by Crippen LogP contribution is -2.28. The Morgan fingerprint density at radius 2 is 2.30 bits per heavy atom. The summed E-state index contributed by atoms with van der Waals surface area (Å²) in [5.41, 5.74) is 0. The van der Waals surface area contributed by atoms with Gasteiger partial charge in [-0.3, -0.25) is 4.90 Å². The van der Waals surface area contributed by atoms with E-state index in [0.29, 0.717) is 0 Å². The smallest absolute Gasteiger partial charge is 0.0235 e. The maximum atomic E-state index is 5.58. The van der Waals surface area contributed by atoms with E-state index in [-0.39, 0.29) is 0 Å². The molecule has 2 heteroatoms. The van der Waals surface area contributed by atoms with Crippen LogP contribution in [0.4, 0.5) is 0 Å². The fourth-order valence-electron chi connectivity index (χ4n) is 1.18. The van der Waals surface area contributed by atoms with Gasteiger partial charge < -0.3 is 0 Å². The van der Waals surface area contributed by atoms with E-state index >= 15 is 0 Å². The molecule has 1 aliphatic rings.